The fraction of sp³-hybridized carbons (Fsp3) is 0.818. The summed E-state index contributed by atoms with van der Waals surface area (Å²) in [6, 6.07) is 0. The van der Waals surface area contributed by atoms with Crippen LogP contribution in [0.4, 0.5) is 0 Å². The summed E-state index contributed by atoms with van der Waals surface area (Å²) >= 11 is 0. The topological polar surface area (TPSA) is 52.6 Å². The Kier molecular flexibility index (Phi) is 4.45. The summed E-state index contributed by atoms with van der Waals surface area (Å²) < 4.78 is 10.5. The van der Waals surface area contributed by atoms with Crippen LogP contribution in [-0.2, 0) is 18.6 Å². The molecule has 92 valence electrons. The van der Waals surface area contributed by atoms with Gasteiger partial charge < -0.3 is 9.05 Å². The Morgan fingerprint density at radius 2 is 2.19 bits per heavy atom. The average molecular weight is 246 g/mol. The molecule has 0 bridgehead atoms. The van der Waals surface area contributed by atoms with Crippen molar-refractivity contribution in [3.8, 4) is 0 Å². The predicted molar refractivity (Wildman–Crippen MR) is 61.8 cm³/mol. The first-order valence-electron chi connectivity index (χ1n) is 5.60. The van der Waals surface area contributed by atoms with Crippen molar-refractivity contribution >= 4 is 19.9 Å². The van der Waals surface area contributed by atoms with Gasteiger partial charge in [0, 0.05) is 5.92 Å². The summed E-state index contributed by atoms with van der Waals surface area (Å²) in [5.41, 5.74) is -0.688. The van der Waals surface area contributed by atoms with Crippen LogP contribution in [0.1, 0.15) is 40.5 Å². The molecular formula is C11H19O4P. The zero-order valence-electron chi connectivity index (χ0n) is 10.3. The van der Waals surface area contributed by atoms with Crippen molar-refractivity contribution < 1.29 is 18.6 Å². The maximum atomic E-state index is 11.8. The van der Waals surface area contributed by atoms with Crippen LogP contribution in [0.25, 0.3) is 0 Å². The van der Waals surface area contributed by atoms with E-state index in [1.54, 1.807) is 13.8 Å². The van der Waals surface area contributed by atoms with Crippen molar-refractivity contribution in [2.24, 2.45) is 11.3 Å². The van der Waals surface area contributed by atoms with Crippen molar-refractivity contribution in [3.05, 3.63) is 0 Å². The Balaban J connectivity index is 2.65. The highest BCUT2D eigenvalue weighted by Crippen LogP contribution is 2.49. The largest absolute Gasteiger partial charge is 0.410 e. The molecule has 1 heterocycles. The van der Waals surface area contributed by atoms with Crippen molar-refractivity contribution in [1.29, 1.82) is 0 Å². The molecule has 1 saturated heterocycles. The molecular weight excluding hydrogens is 227 g/mol. The number of hydrogen-bond donors (Lipinski definition) is 0. The van der Waals surface area contributed by atoms with Crippen LogP contribution in [0.2, 0.25) is 0 Å². The number of hydrogen-bond acceptors (Lipinski definition) is 4. The minimum Gasteiger partial charge on any atom is -0.410 e. The Labute approximate surface area is 97.6 Å². The molecule has 0 aromatic carbocycles. The van der Waals surface area contributed by atoms with Crippen molar-refractivity contribution in [2.45, 2.75) is 40.5 Å². The van der Waals surface area contributed by atoms with E-state index in [1.807, 2.05) is 13.8 Å². The lowest BCUT2D eigenvalue weighted by Gasteiger charge is -2.34. The maximum absolute atomic E-state index is 11.8. The molecule has 1 rings (SSSR count). The second-order valence-corrected chi connectivity index (χ2v) is 6.11. The second kappa shape index (κ2) is 5.24. The van der Waals surface area contributed by atoms with Gasteiger partial charge >= 0.3 is 14.3 Å². The van der Waals surface area contributed by atoms with Crippen LogP contribution in [0, 0.1) is 11.3 Å². The van der Waals surface area contributed by atoms with E-state index in [1.165, 1.54) is 0 Å². The Bertz CT molecular complexity index is 290. The van der Waals surface area contributed by atoms with Gasteiger partial charge in [0.15, 0.2) is 0 Å². The highest BCUT2D eigenvalue weighted by Gasteiger charge is 2.44. The highest BCUT2D eigenvalue weighted by atomic mass is 31.2. The van der Waals surface area contributed by atoms with Gasteiger partial charge in [0.1, 0.15) is 0 Å². The van der Waals surface area contributed by atoms with Crippen molar-refractivity contribution in [2.75, 3.05) is 6.61 Å². The predicted octanol–water partition coefficient (Wildman–Crippen LogP) is 2.86. The molecule has 0 N–H and O–H groups in total. The molecule has 1 fully saturated rings. The second-order valence-electron chi connectivity index (χ2n) is 4.71. The molecule has 2 unspecified atom stereocenters. The van der Waals surface area contributed by atoms with E-state index in [0.717, 1.165) is 12.8 Å². The van der Waals surface area contributed by atoms with Gasteiger partial charge in [-0.15, -0.1) is 0 Å². The third-order valence-corrected chi connectivity index (χ3v) is 4.21. The Morgan fingerprint density at radius 3 is 2.62 bits per heavy atom. The average Bonchev–Trinajstić information content (AvgIpc) is 2.21. The molecule has 1 aliphatic rings. The van der Waals surface area contributed by atoms with E-state index in [0.29, 0.717) is 6.61 Å². The van der Waals surface area contributed by atoms with Gasteiger partial charge in [-0.25, -0.2) is 0 Å². The van der Waals surface area contributed by atoms with E-state index in [-0.39, 0.29) is 17.4 Å². The van der Waals surface area contributed by atoms with Gasteiger partial charge in [-0.05, 0) is 13.3 Å². The summed E-state index contributed by atoms with van der Waals surface area (Å²) in [5.74, 6) is -0.449. The van der Waals surface area contributed by atoms with Crippen LogP contribution < -0.4 is 0 Å². The smallest absolute Gasteiger partial charge is 0.319 e. The van der Waals surface area contributed by atoms with E-state index >= 15 is 0 Å². The lowest BCUT2D eigenvalue weighted by atomic mass is 9.87. The molecule has 0 aliphatic carbocycles. The maximum Gasteiger partial charge on any atom is 0.319 e. The van der Waals surface area contributed by atoms with Gasteiger partial charge in [-0.1, -0.05) is 27.2 Å². The molecule has 0 aromatic heterocycles. The fourth-order valence-electron chi connectivity index (χ4n) is 1.52. The first-order chi connectivity index (χ1) is 7.40. The van der Waals surface area contributed by atoms with E-state index in [2.05, 4.69) is 0 Å². The molecule has 2 atom stereocenters. The first-order valence-corrected chi connectivity index (χ1v) is 6.77. The van der Waals surface area contributed by atoms with Crippen LogP contribution in [0.3, 0.4) is 0 Å². The van der Waals surface area contributed by atoms with Gasteiger partial charge in [0.05, 0.1) is 12.0 Å². The molecule has 16 heavy (non-hydrogen) atoms. The zero-order chi connectivity index (χ0) is 12.3. The number of carbonyl (C=O) groups excluding carboxylic acids is 2. The summed E-state index contributed by atoms with van der Waals surface area (Å²) in [6.45, 7) is 7.69. The summed E-state index contributed by atoms with van der Waals surface area (Å²) in [5, 5.41) is 0. The number of carbonyl (C=O) groups is 2. The van der Waals surface area contributed by atoms with E-state index < -0.39 is 13.8 Å². The summed E-state index contributed by atoms with van der Waals surface area (Å²) in [7, 11) is -1.67. The van der Waals surface area contributed by atoms with Crippen molar-refractivity contribution in [1.82, 2.24) is 0 Å². The molecule has 0 radical (unpaired) electrons. The van der Waals surface area contributed by atoms with Gasteiger partial charge in [-0.2, -0.15) is 0 Å². The quantitative estimate of drug-likeness (QED) is 0.716. The fourth-order valence-corrected chi connectivity index (χ4v) is 2.98. The lowest BCUT2D eigenvalue weighted by molar-refractivity contribution is -0.152. The highest BCUT2D eigenvalue weighted by molar-refractivity contribution is 7.66. The lowest BCUT2D eigenvalue weighted by Crippen LogP contribution is -2.38. The normalized spacial score (nSPS) is 30.3. The minimum absolute atomic E-state index is 0.109. The molecule has 0 aromatic rings. The van der Waals surface area contributed by atoms with Crippen LogP contribution in [0.15, 0.2) is 0 Å². The van der Waals surface area contributed by atoms with Crippen LogP contribution in [0.5, 0.6) is 0 Å². The molecule has 0 spiro atoms. The third-order valence-electron chi connectivity index (χ3n) is 2.63. The van der Waals surface area contributed by atoms with E-state index in [4.69, 9.17) is 9.05 Å². The SMILES string of the molecule is CCCC1(C)COP(C(=O)C(C)C)OC1=O. The van der Waals surface area contributed by atoms with E-state index in [9.17, 15) is 9.59 Å². The molecule has 0 saturated carbocycles. The van der Waals surface area contributed by atoms with Gasteiger partial charge in [-0.3, -0.25) is 9.59 Å². The van der Waals surface area contributed by atoms with Gasteiger partial charge in [0.2, 0.25) is 5.52 Å². The minimum atomic E-state index is -1.67. The standard InChI is InChI=1S/C11H19O4P/c1-5-6-11(4)7-14-16(15-10(11)13)9(12)8(2)3/h8H,5-7H2,1-4H3. The molecule has 4 nitrogen and oxygen atoms in total. The van der Waals surface area contributed by atoms with Crippen LogP contribution >= 0.6 is 8.38 Å². The van der Waals surface area contributed by atoms with Crippen molar-refractivity contribution in [3.63, 3.8) is 0 Å². The first kappa shape index (κ1) is 13.6. The molecule has 1 aliphatic heterocycles. The summed E-state index contributed by atoms with van der Waals surface area (Å²) in [4.78, 5) is 23.4. The van der Waals surface area contributed by atoms with Crippen LogP contribution in [-0.4, -0.2) is 18.1 Å². The monoisotopic (exact) mass is 246 g/mol. The zero-order valence-corrected chi connectivity index (χ0v) is 11.2. The molecule has 5 heteroatoms. The summed E-state index contributed by atoms with van der Waals surface area (Å²) in [6.07, 6.45) is 1.62. The van der Waals surface area contributed by atoms with Gasteiger partial charge in [0.25, 0.3) is 0 Å². The Hall–Kier alpha value is -0.470. The number of rotatable bonds is 4. The molecule has 0 amide bonds. The Morgan fingerprint density at radius 1 is 1.56 bits per heavy atom. The third kappa shape index (κ3) is 2.80.